The molecule has 1 aromatic heterocycles. The Morgan fingerprint density at radius 1 is 1.14 bits per heavy atom. The Balaban J connectivity index is 2.17. The lowest BCUT2D eigenvalue weighted by atomic mass is 10.1. The Hall–Kier alpha value is -2.24. The molecule has 0 aliphatic heterocycles. The van der Waals surface area contributed by atoms with Crippen LogP contribution in [0.4, 0.5) is 8.78 Å². The van der Waals surface area contributed by atoms with Crippen LogP contribution < -0.4 is 0 Å². The van der Waals surface area contributed by atoms with E-state index in [4.69, 9.17) is 0 Å². The number of hydrogen-bond donors (Lipinski definition) is 1. The van der Waals surface area contributed by atoms with Gasteiger partial charge in [-0.1, -0.05) is 6.42 Å². The van der Waals surface area contributed by atoms with Gasteiger partial charge < -0.3 is 5.11 Å². The van der Waals surface area contributed by atoms with Gasteiger partial charge in [0.1, 0.15) is 0 Å². The van der Waals surface area contributed by atoms with Gasteiger partial charge in [-0.3, -0.25) is 0 Å². The lowest BCUT2D eigenvalue weighted by Crippen LogP contribution is -2.05. The maximum atomic E-state index is 13.4. The van der Waals surface area contributed by atoms with Crippen molar-refractivity contribution in [2.24, 2.45) is 0 Å². The number of rotatable bonds is 2. The van der Waals surface area contributed by atoms with Gasteiger partial charge in [-0.05, 0) is 37.8 Å². The molecule has 0 atom stereocenters. The molecule has 1 aliphatic rings. The van der Waals surface area contributed by atoms with E-state index in [0.29, 0.717) is 24.1 Å². The van der Waals surface area contributed by atoms with Crippen LogP contribution in [0, 0.1) is 11.6 Å². The van der Waals surface area contributed by atoms with Crippen LogP contribution in [0.25, 0.3) is 5.69 Å². The van der Waals surface area contributed by atoms with Crippen molar-refractivity contribution in [2.45, 2.75) is 32.1 Å². The first-order valence-electron chi connectivity index (χ1n) is 6.87. The van der Waals surface area contributed by atoms with Crippen LogP contribution in [0.15, 0.2) is 18.2 Å². The smallest absolute Gasteiger partial charge is 0.356 e. The SMILES string of the molecule is O=C(O)c1nn(-c2ccc(F)c(F)c2)c2c1CCCCC2. The highest BCUT2D eigenvalue weighted by atomic mass is 19.2. The van der Waals surface area contributed by atoms with Crippen molar-refractivity contribution in [3.8, 4) is 5.69 Å². The van der Waals surface area contributed by atoms with E-state index in [0.717, 1.165) is 37.1 Å². The lowest BCUT2D eigenvalue weighted by molar-refractivity contribution is 0.0688. The third kappa shape index (κ3) is 2.41. The van der Waals surface area contributed by atoms with Crippen molar-refractivity contribution in [1.82, 2.24) is 9.78 Å². The van der Waals surface area contributed by atoms with Crippen molar-refractivity contribution < 1.29 is 18.7 Å². The zero-order valence-electron chi connectivity index (χ0n) is 11.3. The van der Waals surface area contributed by atoms with Crippen LogP contribution in [-0.4, -0.2) is 20.9 Å². The average molecular weight is 292 g/mol. The fraction of sp³-hybridized carbons (Fsp3) is 0.333. The van der Waals surface area contributed by atoms with Crippen LogP contribution in [0.1, 0.15) is 41.0 Å². The summed E-state index contributed by atoms with van der Waals surface area (Å²) in [5.41, 5.74) is 1.86. The normalized spacial score (nSPS) is 14.6. The molecule has 3 rings (SSSR count). The first-order chi connectivity index (χ1) is 10.1. The molecule has 0 amide bonds. The van der Waals surface area contributed by atoms with Crippen LogP contribution in [-0.2, 0) is 12.8 Å². The molecule has 0 unspecified atom stereocenters. The second kappa shape index (κ2) is 5.27. The fourth-order valence-electron chi connectivity index (χ4n) is 2.78. The summed E-state index contributed by atoms with van der Waals surface area (Å²) in [4.78, 5) is 11.3. The maximum absolute atomic E-state index is 13.4. The Morgan fingerprint density at radius 2 is 1.90 bits per heavy atom. The molecule has 0 fully saturated rings. The summed E-state index contributed by atoms with van der Waals surface area (Å²) in [6.07, 6.45) is 4.21. The number of aromatic nitrogens is 2. The van der Waals surface area contributed by atoms with Gasteiger partial charge in [-0.15, -0.1) is 0 Å². The zero-order valence-corrected chi connectivity index (χ0v) is 11.3. The van der Waals surface area contributed by atoms with Crippen molar-refractivity contribution in [2.75, 3.05) is 0 Å². The fourth-order valence-corrected chi connectivity index (χ4v) is 2.78. The third-order valence-corrected chi connectivity index (χ3v) is 3.78. The summed E-state index contributed by atoms with van der Waals surface area (Å²) >= 11 is 0. The highest BCUT2D eigenvalue weighted by Gasteiger charge is 2.24. The molecule has 0 saturated carbocycles. The van der Waals surface area contributed by atoms with Crippen molar-refractivity contribution in [3.63, 3.8) is 0 Å². The number of nitrogens with zero attached hydrogens (tertiary/aromatic N) is 2. The molecule has 0 bridgehead atoms. The minimum atomic E-state index is -1.09. The van der Waals surface area contributed by atoms with Gasteiger partial charge in [0.05, 0.1) is 5.69 Å². The standard InChI is InChI=1S/C15H14F2N2O2/c16-11-7-6-9(8-12(11)17)19-13-5-3-1-2-4-10(13)14(18-19)15(20)21/h6-8H,1-5H2,(H,20,21). The number of carboxylic acids is 1. The maximum Gasteiger partial charge on any atom is 0.356 e. The van der Waals surface area contributed by atoms with E-state index in [2.05, 4.69) is 5.10 Å². The van der Waals surface area contributed by atoms with Gasteiger partial charge in [0, 0.05) is 17.3 Å². The quantitative estimate of drug-likeness (QED) is 0.865. The van der Waals surface area contributed by atoms with E-state index in [1.54, 1.807) is 0 Å². The monoisotopic (exact) mass is 292 g/mol. The van der Waals surface area contributed by atoms with Gasteiger partial charge in [-0.25, -0.2) is 18.3 Å². The second-order valence-electron chi connectivity index (χ2n) is 5.15. The molecule has 0 spiro atoms. The highest BCUT2D eigenvalue weighted by molar-refractivity contribution is 5.87. The van der Waals surface area contributed by atoms with Crippen molar-refractivity contribution in [1.29, 1.82) is 0 Å². The zero-order chi connectivity index (χ0) is 15.0. The molecule has 110 valence electrons. The molecule has 4 nitrogen and oxygen atoms in total. The predicted octanol–water partition coefficient (Wildman–Crippen LogP) is 3.12. The largest absolute Gasteiger partial charge is 0.476 e. The Bertz CT molecular complexity index is 710. The first-order valence-corrected chi connectivity index (χ1v) is 6.87. The summed E-state index contributed by atoms with van der Waals surface area (Å²) in [6.45, 7) is 0. The summed E-state index contributed by atoms with van der Waals surface area (Å²) < 4.78 is 27.9. The summed E-state index contributed by atoms with van der Waals surface area (Å²) in [6, 6.07) is 3.47. The van der Waals surface area contributed by atoms with Crippen LogP contribution in [0.3, 0.4) is 0 Å². The van der Waals surface area contributed by atoms with Gasteiger partial charge in [0.15, 0.2) is 17.3 Å². The number of carboxylic acid groups (broad SMARTS) is 1. The molecule has 21 heavy (non-hydrogen) atoms. The van der Waals surface area contributed by atoms with Crippen LogP contribution in [0.5, 0.6) is 0 Å². The average Bonchev–Trinajstić information content (AvgIpc) is 2.65. The van der Waals surface area contributed by atoms with Crippen LogP contribution in [0.2, 0.25) is 0 Å². The Kier molecular flexibility index (Phi) is 3.45. The highest BCUT2D eigenvalue weighted by Crippen LogP contribution is 2.26. The molecule has 6 heteroatoms. The van der Waals surface area contributed by atoms with E-state index in [1.807, 2.05) is 0 Å². The molecule has 1 heterocycles. The van der Waals surface area contributed by atoms with Gasteiger partial charge in [0.2, 0.25) is 0 Å². The second-order valence-corrected chi connectivity index (χ2v) is 5.15. The minimum absolute atomic E-state index is 0.0108. The predicted molar refractivity (Wildman–Crippen MR) is 71.7 cm³/mol. The van der Waals surface area contributed by atoms with E-state index >= 15 is 0 Å². The van der Waals surface area contributed by atoms with Gasteiger partial charge in [0.25, 0.3) is 0 Å². The third-order valence-electron chi connectivity index (χ3n) is 3.78. The first kappa shape index (κ1) is 13.7. The summed E-state index contributed by atoms with van der Waals surface area (Å²) in [5, 5.41) is 13.4. The molecule has 1 aliphatic carbocycles. The van der Waals surface area contributed by atoms with Gasteiger partial charge >= 0.3 is 5.97 Å². The van der Waals surface area contributed by atoms with Crippen LogP contribution >= 0.6 is 0 Å². The summed E-state index contributed by atoms with van der Waals surface area (Å²) in [7, 11) is 0. The van der Waals surface area contributed by atoms with Crippen molar-refractivity contribution in [3.05, 3.63) is 46.8 Å². The molecule has 0 saturated heterocycles. The minimum Gasteiger partial charge on any atom is -0.476 e. The number of fused-ring (bicyclic) bond motifs is 1. The van der Waals surface area contributed by atoms with E-state index < -0.39 is 17.6 Å². The van der Waals surface area contributed by atoms with E-state index in [1.165, 1.54) is 10.7 Å². The Morgan fingerprint density at radius 3 is 2.62 bits per heavy atom. The number of aromatic carboxylic acids is 1. The molecular weight excluding hydrogens is 278 g/mol. The number of halogens is 2. The Labute approximate surface area is 120 Å². The van der Waals surface area contributed by atoms with Gasteiger partial charge in [-0.2, -0.15) is 5.10 Å². The topological polar surface area (TPSA) is 55.1 Å². The van der Waals surface area contributed by atoms with Crippen molar-refractivity contribution >= 4 is 5.97 Å². The molecule has 1 aromatic carbocycles. The van der Waals surface area contributed by atoms with E-state index in [-0.39, 0.29) is 5.69 Å². The molecule has 1 N–H and O–H groups in total. The lowest BCUT2D eigenvalue weighted by Gasteiger charge is -2.07. The number of benzene rings is 1. The number of carbonyl (C=O) groups is 1. The molecule has 0 radical (unpaired) electrons. The summed E-state index contributed by atoms with van der Waals surface area (Å²) in [5.74, 6) is -2.99. The molecule has 2 aromatic rings. The molecular formula is C15H14F2N2O2. The number of hydrogen-bond acceptors (Lipinski definition) is 2. The van der Waals surface area contributed by atoms with E-state index in [9.17, 15) is 18.7 Å².